The molecule has 1 aromatic carbocycles. The lowest BCUT2D eigenvalue weighted by Crippen LogP contribution is -2.34. The Labute approximate surface area is 113 Å². The van der Waals surface area contributed by atoms with Crippen molar-refractivity contribution in [2.24, 2.45) is 0 Å². The number of ether oxygens (including phenoxy) is 1. The molecule has 2 N–H and O–H groups in total. The maximum atomic E-state index is 11.9. The van der Waals surface area contributed by atoms with Crippen LogP contribution in [0.5, 0.6) is 5.75 Å². The number of amides is 1. The molecule has 0 radical (unpaired) electrons. The number of rotatable bonds is 3. The smallest absolute Gasteiger partial charge is 0.236 e. The van der Waals surface area contributed by atoms with Gasteiger partial charge in [-0.25, -0.2) is 0 Å². The number of anilines is 1. The maximum absolute atomic E-state index is 11.9. The highest BCUT2D eigenvalue weighted by Crippen LogP contribution is 2.23. The normalized spacial score (nSPS) is 17.4. The van der Waals surface area contributed by atoms with Gasteiger partial charge in [0.2, 0.25) is 5.91 Å². The van der Waals surface area contributed by atoms with Crippen LogP contribution in [0.15, 0.2) is 18.2 Å². The van der Waals surface area contributed by atoms with Gasteiger partial charge in [-0.15, -0.1) is 0 Å². The molecule has 1 heterocycles. The summed E-state index contributed by atoms with van der Waals surface area (Å²) in [6.45, 7) is 2.87. The van der Waals surface area contributed by atoms with E-state index in [1.807, 2.05) is 25.2 Å². The van der Waals surface area contributed by atoms with Gasteiger partial charge in [0.25, 0.3) is 0 Å². The zero-order chi connectivity index (χ0) is 13.8. The van der Waals surface area contributed by atoms with Gasteiger partial charge in [0.05, 0.1) is 13.7 Å². The minimum atomic E-state index is 0.167. The van der Waals surface area contributed by atoms with Crippen LogP contribution in [0.1, 0.15) is 12.0 Å². The molecule has 0 unspecified atom stereocenters. The largest absolute Gasteiger partial charge is 0.496 e. The standard InChI is InChI=1S/C14H21N3O2/c1-16-6-3-7-17(10-14(16)18)9-11-8-12(15)4-5-13(11)19-2/h4-5,8H,3,6-7,9-10,15H2,1-2H3. The highest BCUT2D eigenvalue weighted by Gasteiger charge is 2.19. The highest BCUT2D eigenvalue weighted by atomic mass is 16.5. The molecule has 0 aliphatic carbocycles. The monoisotopic (exact) mass is 263 g/mol. The first-order chi connectivity index (χ1) is 9.10. The van der Waals surface area contributed by atoms with Crippen molar-refractivity contribution in [1.82, 2.24) is 9.80 Å². The molecule has 1 aliphatic heterocycles. The third kappa shape index (κ3) is 3.38. The second-order valence-electron chi connectivity index (χ2n) is 4.95. The average Bonchev–Trinajstić information content (AvgIpc) is 2.52. The van der Waals surface area contributed by atoms with Crippen molar-refractivity contribution in [3.8, 4) is 5.75 Å². The van der Waals surface area contributed by atoms with Crippen molar-refractivity contribution < 1.29 is 9.53 Å². The quantitative estimate of drug-likeness (QED) is 0.825. The number of hydrogen-bond acceptors (Lipinski definition) is 4. The van der Waals surface area contributed by atoms with Crippen LogP contribution in [0, 0.1) is 0 Å². The lowest BCUT2D eigenvalue weighted by atomic mass is 10.1. The number of hydrogen-bond donors (Lipinski definition) is 1. The number of likely N-dealkylation sites (N-methyl/N-ethyl adjacent to an activating group) is 1. The van der Waals surface area contributed by atoms with E-state index >= 15 is 0 Å². The van der Waals surface area contributed by atoms with E-state index in [0.717, 1.165) is 30.8 Å². The lowest BCUT2D eigenvalue weighted by molar-refractivity contribution is -0.130. The van der Waals surface area contributed by atoms with E-state index in [9.17, 15) is 4.79 Å². The summed E-state index contributed by atoms with van der Waals surface area (Å²) < 4.78 is 5.34. The van der Waals surface area contributed by atoms with Crippen molar-refractivity contribution in [3.05, 3.63) is 23.8 Å². The third-order valence-electron chi connectivity index (χ3n) is 3.45. The van der Waals surface area contributed by atoms with Gasteiger partial charge in [-0.2, -0.15) is 0 Å². The molecular weight excluding hydrogens is 242 g/mol. The van der Waals surface area contributed by atoms with Gasteiger partial charge in [0, 0.05) is 37.9 Å². The molecule has 104 valence electrons. The van der Waals surface area contributed by atoms with Crippen LogP contribution in [0.3, 0.4) is 0 Å². The SMILES string of the molecule is COc1ccc(N)cc1CN1CCCN(C)C(=O)C1. The molecule has 2 rings (SSSR count). The van der Waals surface area contributed by atoms with E-state index in [1.165, 1.54) is 0 Å². The second-order valence-corrected chi connectivity index (χ2v) is 4.95. The molecule has 0 saturated carbocycles. The van der Waals surface area contributed by atoms with Gasteiger partial charge in [0.1, 0.15) is 5.75 Å². The Bertz CT molecular complexity index is 462. The Hall–Kier alpha value is -1.75. The molecule has 0 spiro atoms. The molecule has 1 aromatic rings. The molecule has 5 nitrogen and oxygen atoms in total. The van der Waals surface area contributed by atoms with Gasteiger partial charge in [-0.3, -0.25) is 9.69 Å². The third-order valence-corrected chi connectivity index (χ3v) is 3.45. The van der Waals surface area contributed by atoms with Gasteiger partial charge in [-0.05, 0) is 24.6 Å². The summed E-state index contributed by atoms with van der Waals surface area (Å²) in [4.78, 5) is 15.8. The number of carbonyl (C=O) groups is 1. The van der Waals surface area contributed by atoms with Crippen LogP contribution < -0.4 is 10.5 Å². The van der Waals surface area contributed by atoms with Crippen LogP contribution in [0.4, 0.5) is 5.69 Å². The summed E-state index contributed by atoms with van der Waals surface area (Å²) in [6, 6.07) is 5.61. The summed E-state index contributed by atoms with van der Waals surface area (Å²) >= 11 is 0. The predicted molar refractivity (Wildman–Crippen MR) is 74.9 cm³/mol. The summed E-state index contributed by atoms with van der Waals surface area (Å²) in [7, 11) is 3.50. The number of nitrogen functional groups attached to an aromatic ring is 1. The maximum Gasteiger partial charge on any atom is 0.236 e. The average molecular weight is 263 g/mol. The number of nitrogens with two attached hydrogens (primary N) is 1. The fourth-order valence-electron chi connectivity index (χ4n) is 2.35. The Morgan fingerprint density at radius 1 is 1.37 bits per heavy atom. The van der Waals surface area contributed by atoms with Crippen LogP contribution in [0.2, 0.25) is 0 Å². The molecule has 0 aromatic heterocycles. The molecule has 0 atom stereocenters. The molecule has 19 heavy (non-hydrogen) atoms. The summed E-state index contributed by atoms with van der Waals surface area (Å²) in [5.41, 5.74) is 7.56. The van der Waals surface area contributed by atoms with Crippen LogP contribution in [0.25, 0.3) is 0 Å². The van der Waals surface area contributed by atoms with Gasteiger partial charge in [0.15, 0.2) is 0 Å². The fraction of sp³-hybridized carbons (Fsp3) is 0.500. The van der Waals surface area contributed by atoms with Gasteiger partial charge >= 0.3 is 0 Å². The number of nitrogens with zero attached hydrogens (tertiary/aromatic N) is 2. The second kappa shape index (κ2) is 5.93. The number of methoxy groups -OCH3 is 1. The van der Waals surface area contributed by atoms with Gasteiger partial charge < -0.3 is 15.4 Å². The van der Waals surface area contributed by atoms with Crippen LogP contribution >= 0.6 is 0 Å². The van der Waals surface area contributed by atoms with Crippen molar-refractivity contribution >= 4 is 11.6 Å². The Morgan fingerprint density at radius 2 is 2.16 bits per heavy atom. The van der Waals surface area contributed by atoms with Crippen LogP contribution in [-0.2, 0) is 11.3 Å². The summed E-state index contributed by atoms with van der Waals surface area (Å²) in [5.74, 6) is 0.986. The topological polar surface area (TPSA) is 58.8 Å². The van der Waals surface area contributed by atoms with Crippen molar-refractivity contribution in [2.75, 3.05) is 39.5 Å². The zero-order valence-electron chi connectivity index (χ0n) is 11.6. The molecular formula is C14H21N3O2. The van der Waals surface area contributed by atoms with E-state index in [0.29, 0.717) is 18.8 Å². The molecule has 1 amide bonds. The fourth-order valence-corrected chi connectivity index (χ4v) is 2.35. The van der Waals surface area contributed by atoms with Crippen molar-refractivity contribution in [1.29, 1.82) is 0 Å². The minimum Gasteiger partial charge on any atom is -0.496 e. The molecule has 5 heteroatoms. The van der Waals surface area contributed by atoms with Gasteiger partial charge in [-0.1, -0.05) is 0 Å². The molecule has 1 saturated heterocycles. The minimum absolute atomic E-state index is 0.167. The molecule has 1 fully saturated rings. The first kappa shape index (κ1) is 13.7. The van der Waals surface area contributed by atoms with Crippen LogP contribution in [-0.4, -0.2) is 49.5 Å². The Balaban J connectivity index is 2.12. The Kier molecular flexibility index (Phi) is 4.27. The lowest BCUT2D eigenvalue weighted by Gasteiger charge is -2.20. The highest BCUT2D eigenvalue weighted by molar-refractivity contribution is 5.78. The van der Waals surface area contributed by atoms with E-state index in [4.69, 9.17) is 10.5 Å². The summed E-state index contributed by atoms with van der Waals surface area (Å²) in [5, 5.41) is 0. The first-order valence-electron chi connectivity index (χ1n) is 6.49. The molecule has 1 aliphatic rings. The first-order valence-corrected chi connectivity index (χ1v) is 6.49. The van der Waals surface area contributed by atoms with Crippen molar-refractivity contribution in [3.63, 3.8) is 0 Å². The van der Waals surface area contributed by atoms with E-state index in [2.05, 4.69) is 4.90 Å². The van der Waals surface area contributed by atoms with Crippen molar-refractivity contribution in [2.45, 2.75) is 13.0 Å². The zero-order valence-corrected chi connectivity index (χ0v) is 11.6. The summed E-state index contributed by atoms with van der Waals surface area (Å²) in [6.07, 6.45) is 0.993. The Morgan fingerprint density at radius 3 is 2.89 bits per heavy atom. The van der Waals surface area contributed by atoms with E-state index < -0.39 is 0 Å². The number of benzene rings is 1. The predicted octanol–water partition coefficient (Wildman–Crippen LogP) is 0.941. The number of carbonyl (C=O) groups excluding carboxylic acids is 1. The van der Waals surface area contributed by atoms with E-state index in [-0.39, 0.29) is 5.91 Å². The van der Waals surface area contributed by atoms with E-state index in [1.54, 1.807) is 12.0 Å². The molecule has 0 bridgehead atoms.